The van der Waals surface area contributed by atoms with Crippen molar-refractivity contribution in [3.63, 3.8) is 0 Å². The summed E-state index contributed by atoms with van der Waals surface area (Å²) in [5.41, 5.74) is -0.501. The summed E-state index contributed by atoms with van der Waals surface area (Å²) in [4.78, 5) is 68.1. The first-order valence-electron chi connectivity index (χ1n) is 11.5. The van der Waals surface area contributed by atoms with Crippen LogP contribution in [0.5, 0.6) is 5.75 Å². The van der Waals surface area contributed by atoms with E-state index in [1.165, 1.54) is 46.3 Å². The van der Waals surface area contributed by atoms with Crippen molar-refractivity contribution >= 4 is 51.6 Å². The quantitative estimate of drug-likeness (QED) is 0.190. The van der Waals surface area contributed by atoms with E-state index < -0.39 is 52.8 Å². The van der Waals surface area contributed by atoms with E-state index in [-0.39, 0.29) is 23.6 Å². The van der Waals surface area contributed by atoms with Crippen LogP contribution < -0.4 is 15.3 Å². The van der Waals surface area contributed by atoms with Gasteiger partial charge in [0.1, 0.15) is 24.3 Å². The standard InChI is InChI=1S/C25H26BrN3O10/c1-13(30)37-12-18-20(26)21(38-14(2)31)24(39-18)29(23(33)15-5-8-17(35-3)9-6-15)22-16(7-10-19(32)36-4)11-27-25(34)28-22/h5-11,18,20-21,24H,12H2,1-4H3,(H,27,28,34)/t18-,20+,21-,24-/m1/s1. The highest BCUT2D eigenvalue weighted by Crippen LogP contribution is 2.36. The number of benzene rings is 1. The summed E-state index contributed by atoms with van der Waals surface area (Å²) < 4.78 is 26.5. The third-order valence-corrected chi connectivity index (χ3v) is 6.60. The highest BCUT2D eigenvalue weighted by atomic mass is 79.9. The molecule has 1 aromatic carbocycles. The largest absolute Gasteiger partial charge is 0.497 e. The van der Waals surface area contributed by atoms with Gasteiger partial charge in [-0.1, -0.05) is 15.9 Å². The minimum Gasteiger partial charge on any atom is -0.497 e. The third kappa shape index (κ3) is 7.29. The third-order valence-electron chi connectivity index (χ3n) is 5.49. The highest BCUT2D eigenvalue weighted by Gasteiger charge is 2.51. The zero-order chi connectivity index (χ0) is 28.7. The Morgan fingerprint density at radius 1 is 1.13 bits per heavy atom. The number of H-pyrrole nitrogens is 1. The topological polar surface area (TPSA) is 163 Å². The molecule has 0 bridgehead atoms. The summed E-state index contributed by atoms with van der Waals surface area (Å²) in [6, 6.07) is 6.12. The van der Waals surface area contributed by atoms with Gasteiger partial charge in [0.05, 0.1) is 19.0 Å². The van der Waals surface area contributed by atoms with Gasteiger partial charge in [0.2, 0.25) is 0 Å². The van der Waals surface area contributed by atoms with Crippen LogP contribution in [0.15, 0.2) is 41.3 Å². The van der Waals surface area contributed by atoms with Gasteiger partial charge in [-0.25, -0.2) is 14.6 Å². The second kappa shape index (κ2) is 13.2. The van der Waals surface area contributed by atoms with Crippen LogP contribution in [0.1, 0.15) is 29.8 Å². The Labute approximate surface area is 231 Å². The summed E-state index contributed by atoms with van der Waals surface area (Å²) in [5, 5.41) is 0. The molecule has 1 amide bonds. The monoisotopic (exact) mass is 607 g/mol. The van der Waals surface area contributed by atoms with E-state index >= 15 is 0 Å². The average molecular weight is 608 g/mol. The van der Waals surface area contributed by atoms with Crippen molar-refractivity contribution in [3.05, 3.63) is 58.1 Å². The maximum Gasteiger partial charge on any atom is 0.346 e. The van der Waals surface area contributed by atoms with Gasteiger partial charge in [0.15, 0.2) is 12.3 Å². The van der Waals surface area contributed by atoms with E-state index in [1.807, 2.05) is 0 Å². The fourth-order valence-electron chi connectivity index (χ4n) is 3.71. The number of ether oxygens (including phenoxy) is 5. The first-order valence-corrected chi connectivity index (χ1v) is 12.4. The molecule has 39 heavy (non-hydrogen) atoms. The van der Waals surface area contributed by atoms with Gasteiger partial charge in [-0.05, 0) is 30.3 Å². The summed E-state index contributed by atoms with van der Waals surface area (Å²) in [5.74, 6) is -2.21. The summed E-state index contributed by atoms with van der Waals surface area (Å²) in [7, 11) is 2.66. The molecule has 2 aromatic rings. The summed E-state index contributed by atoms with van der Waals surface area (Å²) >= 11 is 3.44. The predicted octanol–water partition coefficient (Wildman–Crippen LogP) is 1.59. The van der Waals surface area contributed by atoms with Crippen LogP contribution in [0.2, 0.25) is 0 Å². The number of amides is 1. The summed E-state index contributed by atoms with van der Waals surface area (Å²) in [6.07, 6.45) is 0.230. The average Bonchev–Trinajstić information content (AvgIpc) is 3.20. The van der Waals surface area contributed by atoms with Gasteiger partial charge >= 0.3 is 23.6 Å². The number of rotatable bonds is 9. The molecule has 4 atom stereocenters. The number of methoxy groups -OCH3 is 2. The van der Waals surface area contributed by atoms with Crippen molar-refractivity contribution in [1.29, 1.82) is 0 Å². The number of carbonyl (C=O) groups is 4. The van der Waals surface area contributed by atoms with Crippen molar-refractivity contribution in [2.24, 2.45) is 0 Å². The molecule has 0 spiro atoms. The molecule has 13 nitrogen and oxygen atoms in total. The van der Waals surface area contributed by atoms with Crippen LogP contribution in [0.4, 0.5) is 5.82 Å². The molecular weight excluding hydrogens is 582 g/mol. The van der Waals surface area contributed by atoms with E-state index in [2.05, 4.69) is 30.6 Å². The fourth-order valence-corrected chi connectivity index (χ4v) is 4.36. The maximum absolute atomic E-state index is 14.0. The molecule has 2 heterocycles. The Kier molecular flexibility index (Phi) is 9.95. The molecule has 1 N–H and O–H groups in total. The number of nitrogens with zero attached hydrogens (tertiary/aromatic N) is 2. The molecule has 0 radical (unpaired) electrons. The van der Waals surface area contributed by atoms with Crippen LogP contribution in [-0.4, -0.2) is 77.9 Å². The minimum atomic E-state index is -1.32. The Morgan fingerprint density at radius 2 is 1.82 bits per heavy atom. The van der Waals surface area contributed by atoms with E-state index in [0.29, 0.717) is 5.75 Å². The molecule has 1 saturated heterocycles. The number of anilines is 1. The van der Waals surface area contributed by atoms with E-state index in [4.69, 9.17) is 18.9 Å². The van der Waals surface area contributed by atoms with Gasteiger partial charge in [-0.2, -0.15) is 0 Å². The number of halogens is 1. The molecule has 1 aromatic heterocycles. The highest BCUT2D eigenvalue weighted by molar-refractivity contribution is 9.09. The van der Waals surface area contributed by atoms with Crippen LogP contribution in [0.25, 0.3) is 6.08 Å². The predicted molar refractivity (Wildman–Crippen MR) is 139 cm³/mol. The van der Waals surface area contributed by atoms with Gasteiger partial charge in [-0.15, -0.1) is 0 Å². The Balaban J connectivity index is 2.19. The molecule has 208 valence electrons. The first kappa shape index (κ1) is 29.5. The van der Waals surface area contributed by atoms with Crippen LogP contribution in [0, 0.1) is 0 Å². The molecule has 0 aliphatic carbocycles. The van der Waals surface area contributed by atoms with Crippen LogP contribution >= 0.6 is 15.9 Å². The second-order valence-corrected chi connectivity index (χ2v) is 9.20. The molecule has 1 aliphatic heterocycles. The number of hydrogen-bond donors (Lipinski definition) is 1. The molecule has 3 rings (SSSR count). The molecule has 1 aliphatic rings. The van der Waals surface area contributed by atoms with E-state index in [1.54, 1.807) is 12.1 Å². The lowest BCUT2D eigenvalue weighted by atomic mass is 10.1. The zero-order valence-corrected chi connectivity index (χ0v) is 23.0. The normalized spacial score (nSPS) is 20.3. The molecule has 14 heteroatoms. The second-order valence-electron chi connectivity index (χ2n) is 8.14. The number of aromatic amines is 1. The SMILES string of the molecule is COC(=O)C=Cc1cnc(=O)[nH]c1N(C(=O)c1ccc(OC)cc1)[C@@H]1O[C@H](COC(C)=O)[C@H](Br)[C@H]1OC(C)=O. The minimum absolute atomic E-state index is 0.106. The first-order chi connectivity index (χ1) is 18.5. The molecule has 1 fully saturated rings. The van der Waals surface area contributed by atoms with Crippen LogP contribution in [0.3, 0.4) is 0 Å². The Morgan fingerprint density at radius 3 is 2.41 bits per heavy atom. The molecule has 0 unspecified atom stereocenters. The molecule has 0 saturated carbocycles. The van der Waals surface area contributed by atoms with Crippen LogP contribution in [-0.2, 0) is 33.3 Å². The number of alkyl halides is 1. The van der Waals surface area contributed by atoms with Gasteiger partial charge < -0.3 is 23.7 Å². The van der Waals surface area contributed by atoms with Crippen molar-refractivity contribution in [1.82, 2.24) is 9.97 Å². The van der Waals surface area contributed by atoms with Gasteiger partial charge in [0, 0.05) is 37.2 Å². The number of carbonyl (C=O) groups excluding carboxylic acids is 4. The lowest BCUT2D eigenvalue weighted by Gasteiger charge is -2.32. The Bertz CT molecular complexity index is 1310. The maximum atomic E-state index is 14.0. The van der Waals surface area contributed by atoms with Gasteiger partial charge in [0.25, 0.3) is 5.91 Å². The van der Waals surface area contributed by atoms with E-state index in [9.17, 15) is 24.0 Å². The van der Waals surface area contributed by atoms with Gasteiger partial charge in [-0.3, -0.25) is 24.3 Å². The Hall–Kier alpha value is -4.04. The van der Waals surface area contributed by atoms with Crippen molar-refractivity contribution in [2.75, 3.05) is 25.7 Å². The van der Waals surface area contributed by atoms with Crippen molar-refractivity contribution < 1.29 is 42.9 Å². The van der Waals surface area contributed by atoms with E-state index in [0.717, 1.165) is 17.2 Å². The van der Waals surface area contributed by atoms with Crippen molar-refractivity contribution in [3.8, 4) is 5.75 Å². The summed E-state index contributed by atoms with van der Waals surface area (Å²) in [6.45, 7) is 2.19. The number of aromatic nitrogens is 2. The number of hydrogen-bond acceptors (Lipinski definition) is 11. The smallest absolute Gasteiger partial charge is 0.346 e. The molecular formula is C25H26BrN3O10. The number of nitrogens with one attached hydrogen (secondary N) is 1. The fraction of sp³-hybridized carbons (Fsp3) is 0.360. The zero-order valence-electron chi connectivity index (χ0n) is 21.4. The lowest BCUT2D eigenvalue weighted by Crippen LogP contribution is -2.49. The van der Waals surface area contributed by atoms with Crippen molar-refractivity contribution in [2.45, 2.75) is 37.1 Å². The number of esters is 3. The lowest BCUT2D eigenvalue weighted by molar-refractivity contribution is -0.148.